The van der Waals surface area contributed by atoms with Crippen LogP contribution >= 0.6 is 23.2 Å². The molecule has 2 aromatic carbocycles. The molecule has 0 aliphatic carbocycles. The van der Waals surface area contributed by atoms with E-state index < -0.39 is 22.8 Å². The zero-order valence-electron chi connectivity index (χ0n) is 8.93. The second-order valence-corrected chi connectivity index (χ2v) is 4.49. The normalized spacial score (nSPS) is 12.5. The minimum atomic E-state index is -1.05. The zero-order chi connectivity index (χ0) is 13.3. The molecule has 0 saturated heterocycles. The minimum Gasteiger partial charge on any atom is -0.207 e. The lowest BCUT2D eigenvalue weighted by atomic mass is 10.0. The van der Waals surface area contributed by atoms with Gasteiger partial charge in [-0.3, -0.25) is 0 Å². The molecule has 0 heterocycles. The quantitative estimate of drug-likeness (QED) is 0.676. The Morgan fingerprint density at radius 1 is 0.889 bits per heavy atom. The zero-order valence-corrected chi connectivity index (χ0v) is 10.4. The van der Waals surface area contributed by atoms with Gasteiger partial charge in [-0.2, -0.15) is 0 Å². The van der Waals surface area contributed by atoms with Gasteiger partial charge in [0.25, 0.3) is 0 Å². The van der Waals surface area contributed by atoms with Crippen molar-refractivity contribution in [2.24, 2.45) is 0 Å². The minimum absolute atomic E-state index is 0.0795. The summed E-state index contributed by atoms with van der Waals surface area (Å²) < 4.78 is 39.9. The van der Waals surface area contributed by atoms with Gasteiger partial charge in [-0.1, -0.05) is 23.7 Å². The fraction of sp³-hybridized carbons (Fsp3) is 0.0769. The number of hydrogen-bond acceptors (Lipinski definition) is 0. The van der Waals surface area contributed by atoms with E-state index in [0.717, 1.165) is 24.3 Å². The highest BCUT2D eigenvalue weighted by molar-refractivity contribution is 6.33. The fourth-order valence-corrected chi connectivity index (χ4v) is 2.23. The van der Waals surface area contributed by atoms with Crippen LogP contribution in [0.3, 0.4) is 0 Å². The molecular weight excluding hydrogens is 284 g/mol. The Bertz CT molecular complexity index is 582. The molecule has 1 atom stereocenters. The van der Waals surface area contributed by atoms with Crippen LogP contribution in [0.1, 0.15) is 16.5 Å². The van der Waals surface area contributed by atoms with Crippen molar-refractivity contribution < 1.29 is 13.2 Å². The summed E-state index contributed by atoms with van der Waals surface area (Å²) in [7, 11) is 0. The predicted molar refractivity (Wildman–Crippen MR) is 65.5 cm³/mol. The number of alkyl halides is 1. The van der Waals surface area contributed by atoms with Gasteiger partial charge in [0.1, 0.15) is 17.5 Å². The standard InChI is InChI=1S/C13H7Cl2F3/c14-12(8-2-1-3-11(18)13(8)15)9-6-7(16)4-5-10(9)17/h1-6,12H. The van der Waals surface area contributed by atoms with Crippen LogP contribution in [0.2, 0.25) is 5.02 Å². The maximum absolute atomic E-state index is 13.6. The van der Waals surface area contributed by atoms with E-state index in [-0.39, 0.29) is 16.1 Å². The molecule has 0 bridgehead atoms. The average molecular weight is 291 g/mol. The molecule has 18 heavy (non-hydrogen) atoms. The Morgan fingerprint density at radius 2 is 1.61 bits per heavy atom. The SMILES string of the molecule is Fc1ccc(F)c(C(Cl)c2cccc(F)c2Cl)c1. The van der Waals surface area contributed by atoms with Crippen molar-refractivity contribution in [1.82, 2.24) is 0 Å². The number of rotatable bonds is 2. The molecule has 1 unspecified atom stereocenters. The van der Waals surface area contributed by atoms with Crippen LogP contribution in [0.5, 0.6) is 0 Å². The summed E-state index contributed by atoms with van der Waals surface area (Å²) in [6, 6.07) is 6.95. The van der Waals surface area contributed by atoms with Crippen molar-refractivity contribution in [1.29, 1.82) is 0 Å². The van der Waals surface area contributed by atoms with Gasteiger partial charge in [-0.15, -0.1) is 11.6 Å². The van der Waals surface area contributed by atoms with Gasteiger partial charge < -0.3 is 0 Å². The van der Waals surface area contributed by atoms with E-state index >= 15 is 0 Å². The Kier molecular flexibility index (Phi) is 3.83. The van der Waals surface area contributed by atoms with Crippen molar-refractivity contribution >= 4 is 23.2 Å². The molecule has 2 rings (SSSR count). The highest BCUT2D eigenvalue weighted by Gasteiger charge is 2.20. The van der Waals surface area contributed by atoms with Gasteiger partial charge in [0.05, 0.1) is 10.4 Å². The molecule has 0 nitrogen and oxygen atoms in total. The first-order chi connectivity index (χ1) is 8.50. The van der Waals surface area contributed by atoms with Gasteiger partial charge in [-0.05, 0) is 29.8 Å². The molecule has 0 fully saturated rings. The molecule has 2 aromatic rings. The van der Waals surface area contributed by atoms with Crippen LogP contribution < -0.4 is 0 Å². The molecule has 94 valence electrons. The summed E-state index contributed by atoms with van der Waals surface area (Å²) in [5.74, 6) is -1.95. The monoisotopic (exact) mass is 290 g/mol. The van der Waals surface area contributed by atoms with Crippen LogP contribution in [0.4, 0.5) is 13.2 Å². The number of hydrogen-bond donors (Lipinski definition) is 0. The Morgan fingerprint density at radius 3 is 2.33 bits per heavy atom. The van der Waals surface area contributed by atoms with Crippen LogP contribution in [0.15, 0.2) is 36.4 Å². The van der Waals surface area contributed by atoms with E-state index in [9.17, 15) is 13.2 Å². The van der Waals surface area contributed by atoms with Gasteiger partial charge in [0.15, 0.2) is 0 Å². The van der Waals surface area contributed by atoms with Gasteiger partial charge >= 0.3 is 0 Å². The Labute approximate surface area is 112 Å². The van der Waals surface area contributed by atoms with Crippen LogP contribution in [0, 0.1) is 17.5 Å². The third-order valence-electron chi connectivity index (χ3n) is 2.49. The molecule has 0 aliphatic heterocycles. The highest BCUT2D eigenvalue weighted by Crippen LogP contribution is 2.36. The van der Waals surface area contributed by atoms with Crippen molar-refractivity contribution in [2.75, 3.05) is 0 Å². The van der Waals surface area contributed by atoms with Gasteiger partial charge in [-0.25, -0.2) is 13.2 Å². The molecule has 0 spiro atoms. The van der Waals surface area contributed by atoms with Crippen molar-refractivity contribution in [3.05, 3.63) is 70.0 Å². The molecule has 0 N–H and O–H groups in total. The van der Waals surface area contributed by atoms with E-state index in [2.05, 4.69) is 0 Å². The summed E-state index contributed by atoms with van der Waals surface area (Å²) in [4.78, 5) is 0. The van der Waals surface area contributed by atoms with Crippen LogP contribution in [-0.4, -0.2) is 0 Å². The summed E-state index contributed by atoms with van der Waals surface area (Å²) in [6.45, 7) is 0. The Hall–Kier alpha value is -1.19. The number of halogens is 5. The van der Waals surface area contributed by atoms with Crippen LogP contribution in [0.25, 0.3) is 0 Å². The first kappa shape index (κ1) is 13.2. The summed E-state index contributed by atoms with van der Waals surface area (Å²) in [6.07, 6.45) is 0. The van der Waals surface area contributed by atoms with E-state index in [1.54, 1.807) is 0 Å². The molecule has 0 radical (unpaired) electrons. The summed E-state index contributed by atoms with van der Waals surface area (Å²) in [5.41, 5.74) is 0.118. The smallest absolute Gasteiger partial charge is 0.142 e. The van der Waals surface area contributed by atoms with Crippen molar-refractivity contribution in [3.63, 3.8) is 0 Å². The molecule has 0 aliphatic rings. The van der Waals surface area contributed by atoms with Gasteiger partial charge in [0, 0.05) is 5.56 Å². The molecule has 0 amide bonds. The summed E-state index contributed by atoms with van der Waals surface area (Å²) >= 11 is 11.8. The molecule has 0 aromatic heterocycles. The average Bonchev–Trinajstić information content (AvgIpc) is 2.35. The first-order valence-electron chi connectivity index (χ1n) is 5.03. The van der Waals surface area contributed by atoms with Crippen molar-refractivity contribution in [2.45, 2.75) is 5.38 Å². The predicted octanol–water partition coefficient (Wildman–Crippen LogP) is 5.09. The lowest BCUT2D eigenvalue weighted by molar-refractivity contribution is 0.586. The third kappa shape index (κ3) is 2.47. The topological polar surface area (TPSA) is 0 Å². The lowest BCUT2D eigenvalue weighted by Gasteiger charge is -2.13. The van der Waals surface area contributed by atoms with E-state index in [0.29, 0.717) is 0 Å². The highest BCUT2D eigenvalue weighted by atomic mass is 35.5. The second-order valence-electron chi connectivity index (χ2n) is 3.67. The lowest BCUT2D eigenvalue weighted by Crippen LogP contribution is -2.00. The van der Waals surface area contributed by atoms with Crippen LogP contribution in [-0.2, 0) is 0 Å². The van der Waals surface area contributed by atoms with Gasteiger partial charge in [0.2, 0.25) is 0 Å². The van der Waals surface area contributed by atoms with E-state index in [4.69, 9.17) is 23.2 Å². The Balaban J connectivity index is 2.51. The molecular formula is C13H7Cl2F3. The second kappa shape index (κ2) is 5.21. The van der Waals surface area contributed by atoms with E-state index in [1.807, 2.05) is 0 Å². The first-order valence-corrected chi connectivity index (χ1v) is 5.85. The fourth-order valence-electron chi connectivity index (χ4n) is 1.59. The molecule has 0 saturated carbocycles. The third-order valence-corrected chi connectivity index (χ3v) is 3.35. The maximum atomic E-state index is 13.6. The van der Waals surface area contributed by atoms with E-state index in [1.165, 1.54) is 12.1 Å². The number of benzene rings is 2. The van der Waals surface area contributed by atoms with Crippen molar-refractivity contribution in [3.8, 4) is 0 Å². The maximum Gasteiger partial charge on any atom is 0.142 e. The molecule has 5 heteroatoms. The largest absolute Gasteiger partial charge is 0.207 e. The summed E-state index contributed by atoms with van der Waals surface area (Å²) in [5, 5.41) is -1.25.